The van der Waals surface area contributed by atoms with Crippen LogP contribution in [0.3, 0.4) is 0 Å². The van der Waals surface area contributed by atoms with Crippen LogP contribution in [0.4, 0.5) is 0 Å². The number of nitrogens with one attached hydrogen (secondary N) is 1. The highest BCUT2D eigenvalue weighted by molar-refractivity contribution is 5.79. The van der Waals surface area contributed by atoms with Crippen molar-refractivity contribution in [2.45, 2.75) is 51.4 Å². The molecular formula is C22H29N3O3. The fourth-order valence-electron chi connectivity index (χ4n) is 4.56. The Bertz CT molecular complexity index is 881. The van der Waals surface area contributed by atoms with E-state index in [1.807, 2.05) is 31.6 Å². The quantitative estimate of drug-likeness (QED) is 0.862. The van der Waals surface area contributed by atoms with Gasteiger partial charge in [-0.3, -0.25) is 9.48 Å². The summed E-state index contributed by atoms with van der Waals surface area (Å²) in [4.78, 5) is 12.7. The van der Waals surface area contributed by atoms with Crippen LogP contribution >= 0.6 is 0 Å². The average molecular weight is 383 g/mol. The zero-order valence-electron chi connectivity index (χ0n) is 17.0. The number of hydrogen-bond donors (Lipinski definition) is 1. The summed E-state index contributed by atoms with van der Waals surface area (Å²) in [7, 11) is 1.92. The van der Waals surface area contributed by atoms with Gasteiger partial charge in [-0.15, -0.1) is 0 Å². The van der Waals surface area contributed by atoms with Crippen LogP contribution in [0.2, 0.25) is 0 Å². The van der Waals surface area contributed by atoms with Crippen molar-refractivity contribution >= 4 is 5.91 Å². The van der Waals surface area contributed by atoms with Gasteiger partial charge in [0, 0.05) is 30.3 Å². The molecule has 1 fully saturated rings. The zero-order chi connectivity index (χ0) is 19.7. The van der Waals surface area contributed by atoms with Crippen LogP contribution in [-0.2, 0) is 23.7 Å². The molecule has 0 radical (unpaired) electrons. The van der Waals surface area contributed by atoms with Crippen LogP contribution in [0.1, 0.15) is 48.2 Å². The molecule has 1 aliphatic carbocycles. The smallest absolute Gasteiger partial charge is 0.224 e. The molecule has 2 heterocycles. The number of nitrogens with zero attached hydrogens (tertiary/aromatic N) is 2. The number of carbonyl (C=O) groups excluding carboxylic acids is 1. The molecule has 0 saturated heterocycles. The first-order valence-electron chi connectivity index (χ1n) is 10.1. The Labute approximate surface area is 166 Å². The third-order valence-electron chi connectivity index (χ3n) is 6.34. The minimum absolute atomic E-state index is 0.0233. The molecule has 1 aromatic carbocycles. The molecule has 6 heteroatoms. The van der Waals surface area contributed by atoms with E-state index in [-0.39, 0.29) is 11.3 Å². The molecule has 4 rings (SSSR count). The van der Waals surface area contributed by atoms with Crippen molar-refractivity contribution in [3.63, 3.8) is 0 Å². The minimum atomic E-state index is -0.0233. The maximum Gasteiger partial charge on any atom is 0.224 e. The molecule has 1 aliphatic heterocycles. The molecule has 0 spiro atoms. The highest BCUT2D eigenvalue weighted by atomic mass is 16.6. The summed E-state index contributed by atoms with van der Waals surface area (Å²) in [6.45, 7) is 5.81. The minimum Gasteiger partial charge on any atom is -0.486 e. The number of amides is 1. The van der Waals surface area contributed by atoms with E-state index in [4.69, 9.17) is 9.47 Å². The number of fused-ring (bicyclic) bond motifs is 1. The molecule has 1 amide bonds. The van der Waals surface area contributed by atoms with Crippen molar-refractivity contribution in [2.24, 2.45) is 7.05 Å². The summed E-state index contributed by atoms with van der Waals surface area (Å²) >= 11 is 0. The number of ether oxygens (including phenoxy) is 2. The van der Waals surface area contributed by atoms with Crippen molar-refractivity contribution in [3.8, 4) is 11.5 Å². The highest BCUT2D eigenvalue weighted by Gasteiger charge is 2.37. The second-order valence-electron chi connectivity index (χ2n) is 8.07. The highest BCUT2D eigenvalue weighted by Crippen LogP contribution is 2.43. The molecule has 2 aromatic rings. The SMILES string of the molecule is Cc1nn(C)c(C)c1CC(=O)NCC1(c2ccc3c(c2)OCCO3)CCCC1. The first-order valence-corrected chi connectivity index (χ1v) is 10.1. The molecule has 0 atom stereocenters. The van der Waals surface area contributed by atoms with Crippen molar-refractivity contribution in [1.29, 1.82) is 0 Å². The molecule has 0 bridgehead atoms. The van der Waals surface area contributed by atoms with E-state index in [0.717, 1.165) is 41.3 Å². The third-order valence-corrected chi connectivity index (χ3v) is 6.34. The van der Waals surface area contributed by atoms with Gasteiger partial charge in [-0.25, -0.2) is 0 Å². The standard InChI is InChI=1S/C22H29N3O3/c1-15-18(16(2)25(3)24-15)13-21(26)23-14-22(8-4-5-9-22)17-6-7-19-20(12-17)28-11-10-27-19/h6-7,12H,4-5,8-11,13-14H2,1-3H3,(H,23,26). The van der Waals surface area contributed by atoms with Crippen LogP contribution in [0, 0.1) is 13.8 Å². The van der Waals surface area contributed by atoms with Crippen LogP contribution in [-0.4, -0.2) is 35.4 Å². The van der Waals surface area contributed by atoms with E-state index in [2.05, 4.69) is 22.5 Å². The fourth-order valence-corrected chi connectivity index (χ4v) is 4.56. The van der Waals surface area contributed by atoms with E-state index in [1.54, 1.807) is 0 Å². The zero-order valence-corrected chi connectivity index (χ0v) is 17.0. The molecule has 1 aromatic heterocycles. The lowest BCUT2D eigenvalue weighted by atomic mass is 9.78. The first kappa shape index (κ1) is 18.8. The lowest BCUT2D eigenvalue weighted by Crippen LogP contribution is -2.39. The molecule has 150 valence electrons. The van der Waals surface area contributed by atoms with E-state index in [1.165, 1.54) is 18.4 Å². The molecule has 28 heavy (non-hydrogen) atoms. The van der Waals surface area contributed by atoms with Gasteiger partial charge < -0.3 is 14.8 Å². The Morgan fingerprint density at radius 2 is 1.89 bits per heavy atom. The number of carbonyl (C=O) groups is 1. The van der Waals surface area contributed by atoms with E-state index in [0.29, 0.717) is 26.2 Å². The van der Waals surface area contributed by atoms with E-state index >= 15 is 0 Å². The number of benzene rings is 1. The Hall–Kier alpha value is -2.50. The van der Waals surface area contributed by atoms with Crippen molar-refractivity contribution < 1.29 is 14.3 Å². The third kappa shape index (κ3) is 3.48. The van der Waals surface area contributed by atoms with Gasteiger partial charge in [0.2, 0.25) is 5.91 Å². The summed E-state index contributed by atoms with van der Waals surface area (Å²) in [5.41, 5.74) is 4.22. The summed E-state index contributed by atoms with van der Waals surface area (Å²) in [6.07, 6.45) is 4.91. The van der Waals surface area contributed by atoms with Crippen LogP contribution in [0.25, 0.3) is 0 Å². The average Bonchev–Trinajstić information content (AvgIpc) is 3.27. The van der Waals surface area contributed by atoms with Gasteiger partial charge in [0.15, 0.2) is 11.5 Å². The van der Waals surface area contributed by atoms with Gasteiger partial charge in [0.05, 0.1) is 12.1 Å². The van der Waals surface area contributed by atoms with E-state index < -0.39 is 0 Å². The molecule has 0 unspecified atom stereocenters. The Balaban J connectivity index is 1.48. The number of hydrogen-bond acceptors (Lipinski definition) is 4. The predicted octanol–water partition coefficient (Wildman–Crippen LogP) is 2.98. The summed E-state index contributed by atoms with van der Waals surface area (Å²) in [5, 5.41) is 7.62. The summed E-state index contributed by atoms with van der Waals surface area (Å²) in [5.74, 6) is 1.70. The van der Waals surface area contributed by atoms with E-state index in [9.17, 15) is 4.79 Å². The normalized spacial score (nSPS) is 17.5. The van der Waals surface area contributed by atoms with Gasteiger partial charge in [-0.2, -0.15) is 5.10 Å². The number of aromatic nitrogens is 2. The molecule has 1 saturated carbocycles. The second-order valence-corrected chi connectivity index (χ2v) is 8.07. The van der Waals surface area contributed by atoms with Crippen LogP contribution in [0.15, 0.2) is 18.2 Å². The van der Waals surface area contributed by atoms with Gasteiger partial charge in [0.1, 0.15) is 13.2 Å². The molecule has 2 aliphatic rings. The fraction of sp³-hybridized carbons (Fsp3) is 0.545. The van der Waals surface area contributed by atoms with Gasteiger partial charge in [0.25, 0.3) is 0 Å². The maximum absolute atomic E-state index is 12.7. The molecule has 1 N–H and O–H groups in total. The van der Waals surface area contributed by atoms with Crippen LogP contribution < -0.4 is 14.8 Å². The van der Waals surface area contributed by atoms with Crippen molar-refractivity contribution in [2.75, 3.05) is 19.8 Å². The van der Waals surface area contributed by atoms with Gasteiger partial charge in [-0.05, 0) is 44.4 Å². The topological polar surface area (TPSA) is 65.4 Å². The van der Waals surface area contributed by atoms with Crippen LogP contribution in [0.5, 0.6) is 11.5 Å². The number of aryl methyl sites for hydroxylation is 2. The second kappa shape index (κ2) is 7.49. The van der Waals surface area contributed by atoms with Crippen molar-refractivity contribution in [3.05, 3.63) is 40.7 Å². The Morgan fingerprint density at radius 1 is 1.18 bits per heavy atom. The monoisotopic (exact) mass is 383 g/mol. The molecular weight excluding hydrogens is 354 g/mol. The first-order chi connectivity index (χ1) is 13.5. The van der Waals surface area contributed by atoms with Crippen molar-refractivity contribution in [1.82, 2.24) is 15.1 Å². The Kier molecular flexibility index (Phi) is 5.04. The molecule has 6 nitrogen and oxygen atoms in total. The largest absolute Gasteiger partial charge is 0.486 e. The summed E-state index contributed by atoms with van der Waals surface area (Å²) in [6, 6.07) is 6.26. The maximum atomic E-state index is 12.7. The van der Waals surface area contributed by atoms with Gasteiger partial charge in [-0.1, -0.05) is 18.9 Å². The number of rotatable bonds is 5. The Morgan fingerprint density at radius 3 is 2.57 bits per heavy atom. The van der Waals surface area contributed by atoms with Gasteiger partial charge >= 0.3 is 0 Å². The summed E-state index contributed by atoms with van der Waals surface area (Å²) < 4.78 is 13.3. The lowest BCUT2D eigenvalue weighted by Gasteiger charge is -2.31. The lowest BCUT2D eigenvalue weighted by molar-refractivity contribution is -0.120. The predicted molar refractivity (Wildman–Crippen MR) is 107 cm³/mol.